The van der Waals surface area contributed by atoms with E-state index >= 15 is 0 Å². The minimum absolute atomic E-state index is 0.0172. The van der Waals surface area contributed by atoms with E-state index in [1.165, 1.54) is 10.5 Å². The predicted molar refractivity (Wildman–Crippen MR) is 258 cm³/mol. The van der Waals surface area contributed by atoms with E-state index in [1.807, 2.05) is 73.1 Å². The van der Waals surface area contributed by atoms with Crippen LogP contribution in [0.3, 0.4) is 0 Å². The summed E-state index contributed by atoms with van der Waals surface area (Å²) in [6.45, 7) is 15.3. The van der Waals surface area contributed by atoms with E-state index in [4.69, 9.17) is 0 Å². The maximum atomic E-state index is 14.0. The summed E-state index contributed by atoms with van der Waals surface area (Å²) >= 11 is 1.57. The number of carbonyl (C=O) groups is 5. The Bertz CT molecular complexity index is 2340. The number of anilines is 1. The number of fused-ring (bicyclic) bond motifs is 1. The Kier molecular flexibility index (Phi) is 16.3. The molecule has 3 unspecified atom stereocenters. The number of hydrogen-bond acceptors (Lipinski definition) is 12. The van der Waals surface area contributed by atoms with Gasteiger partial charge >= 0.3 is 0 Å². The Morgan fingerprint density at radius 3 is 2.30 bits per heavy atom. The van der Waals surface area contributed by atoms with Gasteiger partial charge in [-0.3, -0.25) is 28.9 Å². The molecular weight excluding hydrogens is 871 g/mol. The summed E-state index contributed by atoms with van der Waals surface area (Å²) in [4.78, 5) is 82.2. The maximum Gasteiger partial charge on any atom is 0.246 e. The first-order valence-electron chi connectivity index (χ1n) is 24.0. The Hall–Kier alpha value is -5.46. The molecule has 362 valence electrons. The molecule has 2 aliphatic heterocycles. The average molecular weight is 940 g/mol. The van der Waals surface area contributed by atoms with Crippen LogP contribution in [0.5, 0.6) is 0 Å². The summed E-state index contributed by atoms with van der Waals surface area (Å²) in [5, 5.41) is 27.3. The average Bonchev–Trinajstić information content (AvgIpc) is 4.06. The largest absolute Gasteiger partial charge is 0.391 e. The highest BCUT2D eigenvalue weighted by atomic mass is 32.1. The second-order valence-corrected chi connectivity index (χ2v) is 20.6. The third-order valence-electron chi connectivity index (χ3n) is 13.5. The van der Waals surface area contributed by atoms with Crippen molar-refractivity contribution in [2.45, 2.75) is 142 Å². The van der Waals surface area contributed by atoms with Crippen molar-refractivity contribution in [3.8, 4) is 10.4 Å². The van der Waals surface area contributed by atoms with Gasteiger partial charge in [0.1, 0.15) is 23.9 Å². The molecule has 18 heteroatoms. The molecular formula is C49H69N11O6S. The topological polar surface area (TPSA) is 206 Å². The quantitative estimate of drug-likeness (QED) is 0.0923. The number of amides is 5. The Balaban J connectivity index is 0.779. The van der Waals surface area contributed by atoms with Crippen LogP contribution in [-0.4, -0.2) is 138 Å². The molecule has 1 aliphatic carbocycles. The van der Waals surface area contributed by atoms with Gasteiger partial charge in [0.25, 0.3) is 0 Å². The number of benzene rings is 1. The molecule has 0 bridgehead atoms. The smallest absolute Gasteiger partial charge is 0.246 e. The van der Waals surface area contributed by atoms with Crippen molar-refractivity contribution in [3.63, 3.8) is 0 Å². The van der Waals surface area contributed by atoms with Crippen LogP contribution in [-0.2, 0) is 30.5 Å². The SMILES string of the molecule is Cc1ncsc1-c1ccc(CNC(=O)C2CC(O)CN2C(=O)C(NC(=O)CCCNC(=O)CCC(=O)N2CCN(C3CCC(Nc4ncnn5ccc(C(C)C)c45)CC3)CC2)C(C)(C)C)cc1. The summed E-state index contributed by atoms with van der Waals surface area (Å²) in [7, 11) is 0. The van der Waals surface area contributed by atoms with Crippen LogP contribution in [0.15, 0.2) is 48.4 Å². The van der Waals surface area contributed by atoms with Crippen LogP contribution < -0.4 is 21.3 Å². The van der Waals surface area contributed by atoms with Gasteiger partial charge < -0.3 is 36.2 Å². The van der Waals surface area contributed by atoms with E-state index in [9.17, 15) is 29.1 Å². The zero-order valence-corrected chi connectivity index (χ0v) is 40.7. The third-order valence-corrected chi connectivity index (χ3v) is 14.5. The minimum atomic E-state index is -0.950. The first-order valence-corrected chi connectivity index (χ1v) is 24.9. The highest BCUT2D eigenvalue weighted by molar-refractivity contribution is 7.13. The summed E-state index contributed by atoms with van der Waals surface area (Å²) < 4.78 is 1.90. The Labute approximate surface area is 397 Å². The normalized spacial score (nSPS) is 20.8. The molecule has 3 aromatic heterocycles. The zero-order valence-electron chi connectivity index (χ0n) is 39.9. The Morgan fingerprint density at radius 2 is 1.63 bits per heavy atom. The molecule has 3 fully saturated rings. The monoisotopic (exact) mass is 940 g/mol. The van der Waals surface area contributed by atoms with Crippen molar-refractivity contribution >= 4 is 52.2 Å². The molecule has 3 atom stereocenters. The molecule has 5 N–H and O–H groups in total. The third kappa shape index (κ3) is 12.6. The number of thiazole rings is 1. The van der Waals surface area contributed by atoms with E-state index in [1.54, 1.807) is 17.7 Å². The van der Waals surface area contributed by atoms with E-state index in [2.05, 4.69) is 61.1 Å². The predicted octanol–water partition coefficient (Wildman–Crippen LogP) is 4.64. The fraction of sp³-hybridized carbons (Fsp3) is 0.592. The molecule has 1 saturated carbocycles. The highest BCUT2D eigenvalue weighted by Gasteiger charge is 2.44. The van der Waals surface area contributed by atoms with Crippen LogP contribution in [0.25, 0.3) is 16.0 Å². The lowest BCUT2D eigenvalue weighted by atomic mass is 9.85. The van der Waals surface area contributed by atoms with Crippen molar-refractivity contribution in [3.05, 3.63) is 65.2 Å². The van der Waals surface area contributed by atoms with Crippen LogP contribution in [0.4, 0.5) is 5.82 Å². The van der Waals surface area contributed by atoms with Gasteiger partial charge in [-0.1, -0.05) is 58.9 Å². The van der Waals surface area contributed by atoms with Crippen molar-refractivity contribution in [1.82, 2.24) is 50.2 Å². The number of aromatic nitrogens is 4. The molecule has 67 heavy (non-hydrogen) atoms. The molecule has 5 amide bonds. The molecule has 7 rings (SSSR count). The first-order chi connectivity index (χ1) is 32.0. The number of aliphatic hydroxyl groups excluding tert-OH is 1. The lowest BCUT2D eigenvalue weighted by molar-refractivity contribution is -0.144. The number of hydrogen-bond donors (Lipinski definition) is 5. The molecule has 3 aliphatic rings. The minimum Gasteiger partial charge on any atom is -0.391 e. The molecule has 0 radical (unpaired) electrons. The van der Waals surface area contributed by atoms with Gasteiger partial charge in [-0.05, 0) is 73.1 Å². The molecule has 1 aromatic carbocycles. The fourth-order valence-electron chi connectivity index (χ4n) is 9.62. The summed E-state index contributed by atoms with van der Waals surface area (Å²) in [5.74, 6) is -0.172. The number of β-amino-alcohol motifs (C(OH)–C–C–N with tert-alkyl or cyclic N) is 1. The summed E-state index contributed by atoms with van der Waals surface area (Å²) in [5.41, 5.74) is 6.31. The number of aryl methyl sites for hydroxylation is 1. The van der Waals surface area contributed by atoms with Gasteiger partial charge in [0, 0.05) is 89.8 Å². The van der Waals surface area contributed by atoms with Crippen LogP contribution in [0, 0.1) is 12.3 Å². The van der Waals surface area contributed by atoms with E-state index in [-0.39, 0.29) is 68.9 Å². The van der Waals surface area contributed by atoms with Gasteiger partial charge in [-0.15, -0.1) is 11.3 Å². The molecule has 5 heterocycles. The van der Waals surface area contributed by atoms with Crippen molar-refractivity contribution in [1.29, 1.82) is 0 Å². The molecule has 4 aromatic rings. The molecule has 2 saturated heterocycles. The van der Waals surface area contributed by atoms with Crippen LogP contribution in [0.1, 0.15) is 115 Å². The fourth-order valence-corrected chi connectivity index (χ4v) is 10.4. The lowest BCUT2D eigenvalue weighted by Gasteiger charge is -2.42. The number of rotatable bonds is 17. The van der Waals surface area contributed by atoms with Gasteiger partial charge in [-0.25, -0.2) is 14.5 Å². The Morgan fingerprint density at radius 1 is 0.896 bits per heavy atom. The van der Waals surface area contributed by atoms with Gasteiger partial charge in [0.2, 0.25) is 29.5 Å². The summed E-state index contributed by atoms with van der Waals surface area (Å²) in [6.07, 6.45) is 7.68. The number of piperazine rings is 1. The van der Waals surface area contributed by atoms with Crippen molar-refractivity contribution < 1.29 is 29.1 Å². The van der Waals surface area contributed by atoms with Crippen molar-refractivity contribution in [2.75, 3.05) is 44.6 Å². The van der Waals surface area contributed by atoms with Crippen LogP contribution >= 0.6 is 11.3 Å². The van der Waals surface area contributed by atoms with Gasteiger partial charge in [0.15, 0.2) is 5.82 Å². The van der Waals surface area contributed by atoms with E-state index < -0.39 is 29.5 Å². The number of aliphatic hydroxyl groups is 1. The second kappa shape index (κ2) is 22.1. The number of likely N-dealkylation sites (tertiary alicyclic amines) is 1. The number of carbonyl (C=O) groups excluding carboxylic acids is 5. The maximum absolute atomic E-state index is 14.0. The first kappa shape index (κ1) is 49.4. The van der Waals surface area contributed by atoms with E-state index in [0.29, 0.717) is 37.5 Å². The number of nitrogens with one attached hydrogen (secondary N) is 4. The molecule has 17 nitrogen and oxygen atoms in total. The zero-order chi connectivity index (χ0) is 47.8. The molecule has 0 spiro atoms. The lowest BCUT2D eigenvalue weighted by Crippen LogP contribution is -2.57. The van der Waals surface area contributed by atoms with Gasteiger partial charge in [-0.2, -0.15) is 5.10 Å². The van der Waals surface area contributed by atoms with Crippen molar-refractivity contribution in [2.24, 2.45) is 5.41 Å². The van der Waals surface area contributed by atoms with Crippen LogP contribution in [0.2, 0.25) is 0 Å². The van der Waals surface area contributed by atoms with Gasteiger partial charge in [0.05, 0.1) is 22.2 Å². The highest BCUT2D eigenvalue weighted by Crippen LogP contribution is 2.31. The number of nitrogens with zero attached hydrogens (tertiary/aromatic N) is 7. The summed E-state index contributed by atoms with van der Waals surface area (Å²) in [6, 6.07) is 8.98. The standard InChI is InChI=1S/C49H69N11O6S/c1-31(2)38-19-21-60-43(38)46(52-29-54-60)55-35-13-15-36(16-14-35)57-22-24-58(25-23-57)42(64)18-17-40(62)50-20-7-8-41(63)56-45(49(4,5)6)48(66)59-28-37(61)26-39(59)47(65)51-27-33-9-11-34(12-10-33)44-32(3)53-30-67-44/h9-12,19,21,29-31,35-37,39,45,61H,7-8,13-18,20,22-28H2,1-6H3,(H,50,62)(H,51,65)(H,56,63)(H,52,54,55). The second-order valence-electron chi connectivity index (χ2n) is 19.8. The van der Waals surface area contributed by atoms with E-state index in [0.717, 1.165) is 71.8 Å².